The molecule has 0 saturated carbocycles. The third-order valence-electron chi connectivity index (χ3n) is 5.48. The van der Waals surface area contributed by atoms with Crippen LogP contribution >= 0.6 is 0 Å². The average molecular weight is 390 g/mol. The van der Waals surface area contributed by atoms with Gasteiger partial charge >= 0.3 is 5.63 Å². The van der Waals surface area contributed by atoms with Crippen molar-refractivity contribution >= 4 is 17.0 Å². The highest BCUT2D eigenvalue weighted by molar-refractivity contribution is 6.04. The Kier molecular flexibility index (Phi) is 3.87. The Morgan fingerprint density at radius 2 is 1.90 bits per heavy atom. The Labute approximate surface area is 168 Å². The molecule has 0 amide bonds. The van der Waals surface area contributed by atoms with E-state index in [0.29, 0.717) is 40.0 Å². The van der Waals surface area contributed by atoms with Crippen LogP contribution in [0.2, 0.25) is 0 Å². The number of ether oxygens (including phenoxy) is 2. The van der Waals surface area contributed by atoms with E-state index >= 15 is 0 Å². The van der Waals surface area contributed by atoms with Gasteiger partial charge in [0.05, 0.1) is 28.7 Å². The summed E-state index contributed by atoms with van der Waals surface area (Å²) in [5, 5.41) is 11.6. The molecule has 1 N–H and O–H groups in total. The molecular weight excluding hydrogens is 368 g/mol. The maximum Gasteiger partial charge on any atom is 0.336 e. The Morgan fingerprint density at radius 1 is 1.14 bits per heavy atom. The molecule has 0 aliphatic carbocycles. The fourth-order valence-electron chi connectivity index (χ4n) is 4.19. The van der Waals surface area contributed by atoms with Gasteiger partial charge in [-0.05, 0) is 38.5 Å². The molecule has 0 saturated heterocycles. The topological polar surface area (TPSA) is 68.9 Å². The molecule has 2 aromatic carbocycles. The molecule has 2 aliphatic heterocycles. The Balaban J connectivity index is 1.97. The van der Waals surface area contributed by atoms with Crippen LogP contribution in [-0.2, 0) is 0 Å². The summed E-state index contributed by atoms with van der Waals surface area (Å²) in [6, 6.07) is 11.1. The van der Waals surface area contributed by atoms with Crippen molar-refractivity contribution in [3.05, 3.63) is 64.0 Å². The van der Waals surface area contributed by atoms with Gasteiger partial charge < -0.3 is 19.0 Å². The number of hydrogen-bond donors (Lipinski definition) is 1. The SMILES string of the molecule is C[C@@H]1C[C@H](O)c2c(c3c(c4c(-c5ccccc5)cc(=O)oc24)OC(C)(C)C=C3)O1. The summed E-state index contributed by atoms with van der Waals surface area (Å²) in [5.74, 6) is 1.13. The fraction of sp³-hybridized carbons (Fsp3) is 0.292. The van der Waals surface area contributed by atoms with Gasteiger partial charge in [-0.2, -0.15) is 0 Å². The zero-order chi connectivity index (χ0) is 20.3. The van der Waals surface area contributed by atoms with E-state index in [-0.39, 0.29) is 6.10 Å². The van der Waals surface area contributed by atoms with Gasteiger partial charge in [0.25, 0.3) is 0 Å². The highest BCUT2D eigenvalue weighted by Crippen LogP contribution is 2.52. The van der Waals surface area contributed by atoms with Crippen LogP contribution in [0.15, 0.2) is 51.7 Å². The predicted molar refractivity (Wildman–Crippen MR) is 111 cm³/mol. The Bertz CT molecular complexity index is 1200. The minimum Gasteiger partial charge on any atom is -0.489 e. The number of aliphatic hydroxyl groups is 1. The first-order chi connectivity index (χ1) is 13.8. The lowest BCUT2D eigenvalue weighted by Crippen LogP contribution is -2.30. The van der Waals surface area contributed by atoms with E-state index in [9.17, 15) is 9.90 Å². The second kappa shape index (κ2) is 6.22. The summed E-state index contributed by atoms with van der Waals surface area (Å²) in [6.07, 6.45) is 3.42. The molecule has 3 heterocycles. The van der Waals surface area contributed by atoms with Crippen LogP contribution in [0.4, 0.5) is 0 Å². The normalized spacial score (nSPS) is 21.8. The van der Waals surface area contributed by atoms with Crippen molar-refractivity contribution < 1.29 is 19.0 Å². The first kappa shape index (κ1) is 18.0. The predicted octanol–water partition coefficient (Wildman–Crippen LogP) is 4.85. The van der Waals surface area contributed by atoms with Gasteiger partial charge in [-0.15, -0.1) is 0 Å². The number of hydrogen-bond acceptors (Lipinski definition) is 5. The first-order valence-electron chi connectivity index (χ1n) is 9.80. The third-order valence-corrected chi connectivity index (χ3v) is 5.48. The van der Waals surface area contributed by atoms with E-state index in [0.717, 1.165) is 11.1 Å². The Hall–Kier alpha value is -3.05. The van der Waals surface area contributed by atoms with Crippen LogP contribution in [0.1, 0.15) is 44.4 Å². The lowest BCUT2D eigenvalue weighted by Gasteiger charge is -2.34. The van der Waals surface area contributed by atoms with Crippen LogP contribution in [-0.4, -0.2) is 16.8 Å². The smallest absolute Gasteiger partial charge is 0.336 e. The largest absolute Gasteiger partial charge is 0.489 e. The number of rotatable bonds is 1. The van der Waals surface area contributed by atoms with Crippen molar-refractivity contribution in [2.24, 2.45) is 0 Å². The molecule has 29 heavy (non-hydrogen) atoms. The van der Waals surface area contributed by atoms with Gasteiger partial charge in [-0.3, -0.25) is 0 Å². The van der Waals surface area contributed by atoms with Crippen molar-refractivity contribution in [1.29, 1.82) is 0 Å². The summed E-state index contributed by atoms with van der Waals surface area (Å²) in [4.78, 5) is 12.5. The van der Waals surface area contributed by atoms with E-state index in [1.54, 1.807) is 0 Å². The van der Waals surface area contributed by atoms with E-state index in [1.165, 1.54) is 6.07 Å². The van der Waals surface area contributed by atoms with Gasteiger partial charge in [0.1, 0.15) is 17.1 Å². The van der Waals surface area contributed by atoms with Crippen LogP contribution in [0.3, 0.4) is 0 Å². The van der Waals surface area contributed by atoms with E-state index < -0.39 is 17.3 Å². The molecule has 0 spiro atoms. The minimum absolute atomic E-state index is 0.161. The van der Waals surface area contributed by atoms with Crippen LogP contribution in [0, 0.1) is 0 Å². The van der Waals surface area contributed by atoms with Gasteiger partial charge in [0, 0.05) is 18.1 Å². The molecule has 0 bridgehead atoms. The van der Waals surface area contributed by atoms with Gasteiger partial charge in [-0.1, -0.05) is 30.3 Å². The van der Waals surface area contributed by atoms with Gasteiger partial charge in [-0.25, -0.2) is 4.79 Å². The Morgan fingerprint density at radius 3 is 2.66 bits per heavy atom. The fourth-order valence-corrected chi connectivity index (χ4v) is 4.19. The van der Waals surface area contributed by atoms with Crippen LogP contribution < -0.4 is 15.1 Å². The third kappa shape index (κ3) is 2.85. The lowest BCUT2D eigenvalue weighted by atomic mass is 9.89. The van der Waals surface area contributed by atoms with Crippen molar-refractivity contribution in [2.75, 3.05) is 0 Å². The first-order valence-corrected chi connectivity index (χ1v) is 9.80. The molecule has 148 valence electrons. The molecule has 0 unspecified atom stereocenters. The molecule has 0 fully saturated rings. The van der Waals surface area contributed by atoms with Crippen molar-refractivity contribution in [2.45, 2.75) is 45.0 Å². The van der Waals surface area contributed by atoms with E-state index in [1.807, 2.05) is 63.3 Å². The highest BCUT2D eigenvalue weighted by atomic mass is 16.5. The van der Waals surface area contributed by atoms with Crippen molar-refractivity contribution in [1.82, 2.24) is 0 Å². The van der Waals surface area contributed by atoms with Crippen LogP contribution in [0.5, 0.6) is 11.5 Å². The molecule has 2 atom stereocenters. The molecule has 5 heteroatoms. The highest BCUT2D eigenvalue weighted by Gasteiger charge is 2.36. The number of aliphatic hydroxyl groups excluding tert-OH is 1. The quantitative estimate of drug-likeness (QED) is 0.602. The average Bonchev–Trinajstić information content (AvgIpc) is 2.66. The summed E-state index contributed by atoms with van der Waals surface area (Å²) < 4.78 is 18.1. The van der Waals surface area contributed by atoms with Gasteiger partial charge in [0.2, 0.25) is 0 Å². The van der Waals surface area contributed by atoms with Crippen LogP contribution in [0.25, 0.3) is 28.2 Å². The number of benzene rings is 2. The summed E-state index contributed by atoms with van der Waals surface area (Å²) in [7, 11) is 0. The zero-order valence-electron chi connectivity index (χ0n) is 16.6. The van der Waals surface area contributed by atoms with E-state index in [4.69, 9.17) is 13.9 Å². The molecular formula is C24H22O5. The van der Waals surface area contributed by atoms with Crippen molar-refractivity contribution in [3.8, 4) is 22.6 Å². The maximum absolute atomic E-state index is 12.5. The van der Waals surface area contributed by atoms with Gasteiger partial charge in [0.15, 0.2) is 5.58 Å². The molecule has 0 radical (unpaired) electrons. The second-order valence-corrected chi connectivity index (χ2v) is 8.25. The minimum atomic E-state index is -0.793. The lowest BCUT2D eigenvalue weighted by molar-refractivity contribution is 0.0741. The molecule has 5 nitrogen and oxygen atoms in total. The van der Waals surface area contributed by atoms with E-state index in [2.05, 4.69) is 0 Å². The standard InChI is InChI=1S/C24H22O5/c1-13-11-17(25)20-21(27-13)15-9-10-24(2,3)29-22(15)19-16(12-18(26)28-23(19)20)14-7-5-4-6-8-14/h4-10,12-13,17,25H,11H2,1-3H3/t13-,17+/m1/s1. The molecule has 1 aromatic heterocycles. The summed E-state index contributed by atoms with van der Waals surface area (Å²) >= 11 is 0. The maximum atomic E-state index is 12.5. The number of fused-ring (bicyclic) bond motifs is 6. The molecule has 5 rings (SSSR count). The molecule has 3 aromatic rings. The second-order valence-electron chi connectivity index (χ2n) is 8.25. The van der Waals surface area contributed by atoms with Crippen molar-refractivity contribution in [3.63, 3.8) is 0 Å². The zero-order valence-corrected chi connectivity index (χ0v) is 16.6. The monoisotopic (exact) mass is 390 g/mol. The summed E-state index contributed by atoms with van der Waals surface area (Å²) in [6.45, 7) is 5.85. The summed E-state index contributed by atoms with van der Waals surface area (Å²) in [5.41, 5.74) is 2.20. The molecule has 2 aliphatic rings.